The minimum Gasteiger partial charge on any atom is -0.314 e. The summed E-state index contributed by atoms with van der Waals surface area (Å²) in [7, 11) is 1.93. The van der Waals surface area contributed by atoms with Gasteiger partial charge in [-0.2, -0.15) is 0 Å². The van der Waals surface area contributed by atoms with E-state index in [4.69, 9.17) is 0 Å². The zero-order valence-electron chi connectivity index (χ0n) is 8.78. The number of aromatic nitrogens is 3. The summed E-state index contributed by atoms with van der Waals surface area (Å²) in [6.07, 6.45) is 1.83. The van der Waals surface area contributed by atoms with Gasteiger partial charge in [0, 0.05) is 19.0 Å². The Morgan fingerprint density at radius 3 is 2.69 bits per heavy atom. The van der Waals surface area contributed by atoms with E-state index in [1.165, 1.54) is 5.69 Å². The molecule has 4 nitrogen and oxygen atoms in total. The zero-order chi connectivity index (χ0) is 9.84. The molecule has 0 saturated carbocycles. The molecule has 0 bridgehead atoms. The van der Waals surface area contributed by atoms with Crippen LogP contribution in [0.1, 0.15) is 32.4 Å². The van der Waals surface area contributed by atoms with Gasteiger partial charge in [-0.05, 0) is 13.5 Å². The highest BCUT2D eigenvalue weighted by Crippen LogP contribution is 2.16. The lowest BCUT2D eigenvalue weighted by Crippen LogP contribution is -2.31. The highest BCUT2D eigenvalue weighted by Gasteiger charge is 2.16. The van der Waals surface area contributed by atoms with Gasteiger partial charge in [-0.15, -0.1) is 5.10 Å². The molecule has 0 radical (unpaired) electrons. The standard InChI is InChI=1S/C9H18N4/c1-5-10-8(3)7(2)9-6-11-12-13(9)4/h6-8,10H,5H2,1-4H3. The molecule has 1 heterocycles. The van der Waals surface area contributed by atoms with Gasteiger partial charge in [0.15, 0.2) is 0 Å². The summed E-state index contributed by atoms with van der Waals surface area (Å²) in [6, 6.07) is 0.460. The molecule has 1 N–H and O–H groups in total. The second-order valence-electron chi connectivity index (χ2n) is 3.42. The number of aryl methyl sites for hydroxylation is 1. The molecule has 4 heteroatoms. The second-order valence-corrected chi connectivity index (χ2v) is 3.42. The number of nitrogens with zero attached hydrogens (tertiary/aromatic N) is 3. The molecule has 0 aliphatic rings. The van der Waals surface area contributed by atoms with Gasteiger partial charge in [0.1, 0.15) is 0 Å². The Hall–Kier alpha value is -0.900. The molecule has 13 heavy (non-hydrogen) atoms. The predicted octanol–water partition coefficient (Wildman–Crippen LogP) is 0.917. The van der Waals surface area contributed by atoms with Crippen LogP contribution in [0.5, 0.6) is 0 Å². The van der Waals surface area contributed by atoms with Gasteiger partial charge in [-0.3, -0.25) is 4.68 Å². The lowest BCUT2D eigenvalue weighted by molar-refractivity contribution is 0.471. The minimum atomic E-state index is 0.444. The van der Waals surface area contributed by atoms with Crippen LogP contribution in [0.2, 0.25) is 0 Å². The van der Waals surface area contributed by atoms with Gasteiger partial charge in [0.2, 0.25) is 0 Å². The van der Waals surface area contributed by atoms with Crippen molar-refractivity contribution in [3.8, 4) is 0 Å². The summed E-state index contributed by atoms with van der Waals surface area (Å²) < 4.78 is 1.83. The Bertz CT molecular complexity index is 256. The maximum atomic E-state index is 3.92. The van der Waals surface area contributed by atoms with Gasteiger partial charge in [0.25, 0.3) is 0 Å². The Morgan fingerprint density at radius 1 is 1.54 bits per heavy atom. The third-order valence-corrected chi connectivity index (χ3v) is 2.49. The Labute approximate surface area is 79.3 Å². The lowest BCUT2D eigenvalue weighted by Gasteiger charge is -2.19. The van der Waals surface area contributed by atoms with Crippen molar-refractivity contribution in [3.63, 3.8) is 0 Å². The topological polar surface area (TPSA) is 42.7 Å². The van der Waals surface area contributed by atoms with Crippen molar-refractivity contribution in [1.29, 1.82) is 0 Å². The first kappa shape index (κ1) is 10.2. The second kappa shape index (κ2) is 4.37. The van der Waals surface area contributed by atoms with Crippen LogP contribution < -0.4 is 5.32 Å². The van der Waals surface area contributed by atoms with Gasteiger partial charge in [-0.25, -0.2) is 0 Å². The van der Waals surface area contributed by atoms with Crippen molar-refractivity contribution < 1.29 is 0 Å². The van der Waals surface area contributed by atoms with E-state index in [-0.39, 0.29) is 0 Å². The highest BCUT2D eigenvalue weighted by atomic mass is 15.4. The van der Waals surface area contributed by atoms with Crippen LogP contribution in [0.15, 0.2) is 6.20 Å². The van der Waals surface area contributed by atoms with Gasteiger partial charge in [0.05, 0.1) is 11.9 Å². The van der Waals surface area contributed by atoms with Gasteiger partial charge < -0.3 is 5.32 Å². The molecule has 1 aromatic rings. The molecule has 0 aromatic carbocycles. The summed E-state index contributed by atoms with van der Waals surface area (Å²) >= 11 is 0. The largest absolute Gasteiger partial charge is 0.314 e. The maximum absolute atomic E-state index is 3.92. The summed E-state index contributed by atoms with van der Waals surface area (Å²) in [5.74, 6) is 0.444. The van der Waals surface area contributed by atoms with Gasteiger partial charge >= 0.3 is 0 Å². The van der Waals surface area contributed by atoms with E-state index in [1.807, 2.05) is 17.9 Å². The van der Waals surface area contributed by atoms with E-state index in [9.17, 15) is 0 Å². The number of rotatable bonds is 4. The molecule has 1 rings (SSSR count). The SMILES string of the molecule is CCNC(C)C(C)c1cnnn1C. The van der Waals surface area contributed by atoms with E-state index in [0.29, 0.717) is 12.0 Å². The smallest absolute Gasteiger partial charge is 0.0728 e. The van der Waals surface area contributed by atoms with E-state index in [1.54, 1.807) is 0 Å². The van der Waals surface area contributed by atoms with Crippen LogP contribution in [0.4, 0.5) is 0 Å². The predicted molar refractivity (Wildman–Crippen MR) is 52.6 cm³/mol. The monoisotopic (exact) mass is 182 g/mol. The molecule has 1 aromatic heterocycles. The number of nitrogens with one attached hydrogen (secondary N) is 1. The molecule has 2 atom stereocenters. The molecule has 0 fully saturated rings. The molecule has 0 aliphatic carbocycles. The van der Waals surface area contributed by atoms with Crippen molar-refractivity contribution in [2.45, 2.75) is 32.7 Å². The minimum absolute atomic E-state index is 0.444. The molecule has 0 saturated heterocycles. The first-order chi connectivity index (χ1) is 6.16. The Morgan fingerprint density at radius 2 is 2.23 bits per heavy atom. The van der Waals surface area contributed by atoms with Crippen LogP contribution in [0.25, 0.3) is 0 Å². The Balaban J connectivity index is 2.67. The molecular formula is C9H18N4. The van der Waals surface area contributed by atoms with Crippen molar-refractivity contribution in [2.75, 3.05) is 6.54 Å². The molecule has 0 aliphatic heterocycles. The van der Waals surface area contributed by atoms with Crippen LogP contribution in [-0.4, -0.2) is 27.6 Å². The number of hydrogen-bond donors (Lipinski definition) is 1. The van der Waals surface area contributed by atoms with Crippen molar-refractivity contribution in [1.82, 2.24) is 20.3 Å². The lowest BCUT2D eigenvalue weighted by atomic mass is 10.0. The Kier molecular flexibility index (Phi) is 3.42. The number of hydrogen-bond acceptors (Lipinski definition) is 3. The van der Waals surface area contributed by atoms with Crippen LogP contribution in [0, 0.1) is 0 Å². The first-order valence-electron chi connectivity index (χ1n) is 4.74. The van der Waals surface area contributed by atoms with E-state index in [0.717, 1.165) is 6.54 Å². The van der Waals surface area contributed by atoms with Crippen LogP contribution >= 0.6 is 0 Å². The van der Waals surface area contributed by atoms with Gasteiger partial charge in [-0.1, -0.05) is 19.1 Å². The number of likely N-dealkylation sites (N-methyl/N-ethyl adjacent to an activating group) is 1. The fraction of sp³-hybridized carbons (Fsp3) is 0.778. The van der Waals surface area contributed by atoms with E-state index >= 15 is 0 Å². The average molecular weight is 182 g/mol. The quantitative estimate of drug-likeness (QED) is 0.753. The maximum Gasteiger partial charge on any atom is 0.0728 e. The molecule has 0 amide bonds. The first-order valence-corrected chi connectivity index (χ1v) is 4.74. The molecule has 74 valence electrons. The van der Waals surface area contributed by atoms with Crippen molar-refractivity contribution in [3.05, 3.63) is 11.9 Å². The normalized spacial score (nSPS) is 15.7. The highest BCUT2D eigenvalue weighted by molar-refractivity contribution is 5.04. The summed E-state index contributed by atoms with van der Waals surface area (Å²) in [5.41, 5.74) is 1.17. The summed E-state index contributed by atoms with van der Waals surface area (Å²) in [6.45, 7) is 7.48. The zero-order valence-corrected chi connectivity index (χ0v) is 8.78. The van der Waals surface area contributed by atoms with Crippen LogP contribution in [-0.2, 0) is 7.05 Å². The fourth-order valence-corrected chi connectivity index (χ4v) is 1.46. The van der Waals surface area contributed by atoms with E-state index in [2.05, 4.69) is 36.4 Å². The molecule has 2 unspecified atom stereocenters. The average Bonchev–Trinajstić information content (AvgIpc) is 2.50. The fourth-order valence-electron chi connectivity index (χ4n) is 1.46. The third kappa shape index (κ3) is 2.28. The third-order valence-electron chi connectivity index (χ3n) is 2.49. The van der Waals surface area contributed by atoms with Crippen molar-refractivity contribution >= 4 is 0 Å². The van der Waals surface area contributed by atoms with Crippen LogP contribution in [0.3, 0.4) is 0 Å². The van der Waals surface area contributed by atoms with Crippen molar-refractivity contribution in [2.24, 2.45) is 7.05 Å². The summed E-state index contributed by atoms with van der Waals surface area (Å²) in [4.78, 5) is 0. The summed E-state index contributed by atoms with van der Waals surface area (Å²) in [5, 5.41) is 11.2. The molecule has 0 spiro atoms. The molecular weight excluding hydrogens is 164 g/mol. The van der Waals surface area contributed by atoms with E-state index < -0.39 is 0 Å².